The maximum absolute atomic E-state index is 4.60. The fourth-order valence-electron chi connectivity index (χ4n) is 1.63. The van der Waals surface area contributed by atoms with Crippen LogP contribution in [0.1, 0.15) is 0 Å². The normalized spacial score (nSPS) is 11.1. The van der Waals surface area contributed by atoms with Gasteiger partial charge in [0.2, 0.25) is 0 Å². The van der Waals surface area contributed by atoms with Gasteiger partial charge in [0.1, 0.15) is 5.52 Å². The van der Waals surface area contributed by atoms with E-state index in [4.69, 9.17) is 0 Å². The van der Waals surface area contributed by atoms with Crippen molar-refractivity contribution < 1.29 is 0 Å². The lowest BCUT2D eigenvalue weighted by molar-refractivity contribution is 1.38. The molecule has 2 nitrogen and oxygen atoms in total. The number of hydrogen-bond donors (Lipinski definition) is 0. The number of para-hydroxylation sites is 2. The van der Waals surface area contributed by atoms with Gasteiger partial charge in [0.05, 0.1) is 21.0 Å². The summed E-state index contributed by atoms with van der Waals surface area (Å²) in [7, 11) is 0. The molecule has 0 saturated heterocycles. The summed E-state index contributed by atoms with van der Waals surface area (Å²) >= 11 is 6.98. The number of aromatic nitrogens is 2. The fraction of sp³-hybridized carbons (Fsp3) is 0. The van der Waals surface area contributed by atoms with Crippen molar-refractivity contribution in [1.29, 1.82) is 0 Å². The predicted octanol–water partition coefficient (Wildman–Crippen LogP) is 4.31. The third kappa shape index (κ3) is 1.53. The third-order valence-corrected chi connectivity index (χ3v) is 4.40. The molecule has 0 saturated carbocycles. The fourth-order valence-corrected chi connectivity index (χ4v) is 2.37. The van der Waals surface area contributed by atoms with Crippen LogP contribution in [0.4, 0.5) is 0 Å². The van der Waals surface area contributed by atoms with E-state index in [-0.39, 0.29) is 0 Å². The summed E-state index contributed by atoms with van der Waals surface area (Å²) in [5.74, 6) is 0. The second kappa shape index (κ2) is 3.79. The molecule has 0 fully saturated rings. The van der Waals surface area contributed by atoms with Gasteiger partial charge >= 0.3 is 0 Å². The first-order chi connectivity index (χ1) is 7.75. The Morgan fingerprint density at radius 2 is 1.44 bits per heavy atom. The first kappa shape index (κ1) is 10.2. The van der Waals surface area contributed by atoms with Crippen molar-refractivity contribution in [2.45, 2.75) is 0 Å². The van der Waals surface area contributed by atoms with Crippen LogP contribution in [0, 0.1) is 0 Å². The number of halogens is 2. The standard InChI is InChI=1S/C12H6Br2N2/c13-7-5-6-10-12(11(7)14)16-9-4-2-1-3-8(9)15-10/h1-6H. The van der Waals surface area contributed by atoms with Crippen molar-refractivity contribution in [3.63, 3.8) is 0 Å². The molecule has 0 atom stereocenters. The Morgan fingerprint density at radius 1 is 0.750 bits per heavy atom. The molecule has 0 amide bonds. The van der Waals surface area contributed by atoms with Crippen molar-refractivity contribution in [2.24, 2.45) is 0 Å². The summed E-state index contributed by atoms with van der Waals surface area (Å²) in [4.78, 5) is 9.16. The van der Waals surface area contributed by atoms with Gasteiger partial charge in [-0.25, -0.2) is 9.97 Å². The number of fused-ring (bicyclic) bond motifs is 2. The summed E-state index contributed by atoms with van der Waals surface area (Å²) in [6, 6.07) is 11.8. The average molecular weight is 338 g/mol. The molecule has 0 N–H and O–H groups in total. The van der Waals surface area contributed by atoms with E-state index in [9.17, 15) is 0 Å². The minimum atomic E-state index is 0.882. The minimum absolute atomic E-state index is 0.882. The molecular formula is C12H6Br2N2. The van der Waals surface area contributed by atoms with Crippen LogP contribution < -0.4 is 0 Å². The van der Waals surface area contributed by atoms with Gasteiger partial charge in [-0.2, -0.15) is 0 Å². The number of benzene rings is 2. The quantitative estimate of drug-likeness (QED) is 0.571. The van der Waals surface area contributed by atoms with E-state index in [1.165, 1.54) is 0 Å². The largest absolute Gasteiger partial charge is 0.244 e. The molecule has 0 radical (unpaired) electrons. The van der Waals surface area contributed by atoms with Crippen molar-refractivity contribution in [3.8, 4) is 0 Å². The van der Waals surface area contributed by atoms with Crippen LogP contribution in [0.25, 0.3) is 22.1 Å². The zero-order valence-electron chi connectivity index (χ0n) is 8.11. The van der Waals surface area contributed by atoms with Crippen LogP contribution >= 0.6 is 31.9 Å². The monoisotopic (exact) mass is 336 g/mol. The lowest BCUT2D eigenvalue weighted by Gasteiger charge is -2.03. The van der Waals surface area contributed by atoms with E-state index in [1.807, 2.05) is 36.4 Å². The molecule has 1 heterocycles. The maximum atomic E-state index is 4.60. The van der Waals surface area contributed by atoms with Crippen molar-refractivity contribution >= 4 is 53.9 Å². The van der Waals surface area contributed by atoms with E-state index in [0.29, 0.717) is 0 Å². The summed E-state index contributed by atoms with van der Waals surface area (Å²) in [5, 5.41) is 0. The van der Waals surface area contributed by atoms with Crippen LogP contribution in [-0.4, -0.2) is 9.97 Å². The van der Waals surface area contributed by atoms with Gasteiger partial charge in [-0.05, 0) is 56.1 Å². The van der Waals surface area contributed by atoms with E-state index in [0.717, 1.165) is 31.0 Å². The Bertz CT molecular complexity index is 695. The second-order valence-corrected chi connectivity index (χ2v) is 5.09. The molecule has 78 valence electrons. The topological polar surface area (TPSA) is 25.8 Å². The highest BCUT2D eigenvalue weighted by molar-refractivity contribution is 9.13. The first-order valence-electron chi connectivity index (χ1n) is 4.76. The summed E-state index contributed by atoms with van der Waals surface area (Å²) in [6.07, 6.45) is 0. The Hall–Kier alpha value is -1.00. The lowest BCUT2D eigenvalue weighted by Crippen LogP contribution is -1.88. The van der Waals surface area contributed by atoms with Gasteiger partial charge in [-0.15, -0.1) is 0 Å². The van der Waals surface area contributed by atoms with E-state index in [2.05, 4.69) is 41.8 Å². The molecule has 0 aliphatic rings. The number of nitrogens with zero attached hydrogens (tertiary/aromatic N) is 2. The van der Waals surface area contributed by atoms with Crippen LogP contribution in [0.2, 0.25) is 0 Å². The molecule has 0 unspecified atom stereocenters. The number of rotatable bonds is 0. The Labute approximate surface area is 109 Å². The molecule has 1 aromatic heterocycles. The van der Waals surface area contributed by atoms with Gasteiger partial charge in [0.15, 0.2) is 0 Å². The summed E-state index contributed by atoms with van der Waals surface area (Å²) in [5.41, 5.74) is 3.61. The molecule has 3 aromatic rings. The Kier molecular flexibility index (Phi) is 2.41. The van der Waals surface area contributed by atoms with Gasteiger partial charge in [-0.3, -0.25) is 0 Å². The van der Waals surface area contributed by atoms with Gasteiger partial charge < -0.3 is 0 Å². The predicted molar refractivity (Wildman–Crippen MR) is 72.4 cm³/mol. The smallest absolute Gasteiger partial charge is 0.105 e. The molecule has 0 aliphatic heterocycles. The first-order valence-corrected chi connectivity index (χ1v) is 6.35. The van der Waals surface area contributed by atoms with Crippen LogP contribution in [0.15, 0.2) is 45.3 Å². The molecule has 4 heteroatoms. The van der Waals surface area contributed by atoms with E-state index in [1.54, 1.807) is 0 Å². The number of hydrogen-bond acceptors (Lipinski definition) is 2. The van der Waals surface area contributed by atoms with Crippen molar-refractivity contribution in [2.75, 3.05) is 0 Å². The lowest BCUT2D eigenvalue weighted by atomic mass is 10.2. The van der Waals surface area contributed by atoms with Crippen LogP contribution in [-0.2, 0) is 0 Å². The van der Waals surface area contributed by atoms with Crippen LogP contribution in [0.3, 0.4) is 0 Å². The third-order valence-electron chi connectivity index (χ3n) is 2.40. The van der Waals surface area contributed by atoms with E-state index < -0.39 is 0 Å². The van der Waals surface area contributed by atoms with Crippen molar-refractivity contribution in [1.82, 2.24) is 9.97 Å². The molecule has 0 aliphatic carbocycles. The highest BCUT2D eigenvalue weighted by Gasteiger charge is 2.06. The second-order valence-electron chi connectivity index (χ2n) is 3.44. The van der Waals surface area contributed by atoms with E-state index >= 15 is 0 Å². The van der Waals surface area contributed by atoms with Crippen LogP contribution in [0.5, 0.6) is 0 Å². The maximum Gasteiger partial charge on any atom is 0.105 e. The SMILES string of the molecule is Brc1ccc2nc3ccccc3nc2c1Br. The molecule has 3 rings (SSSR count). The average Bonchev–Trinajstić information content (AvgIpc) is 2.32. The molecule has 16 heavy (non-hydrogen) atoms. The zero-order chi connectivity index (χ0) is 11.1. The molecule has 0 spiro atoms. The molecule has 0 bridgehead atoms. The Morgan fingerprint density at radius 3 is 2.19 bits per heavy atom. The Balaban J connectivity index is 2.51. The minimum Gasteiger partial charge on any atom is -0.244 e. The van der Waals surface area contributed by atoms with Crippen molar-refractivity contribution in [3.05, 3.63) is 45.3 Å². The zero-order valence-corrected chi connectivity index (χ0v) is 11.3. The highest BCUT2D eigenvalue weighted by Crippen LogP contribution is 2.30. The molecule has 2 aromatic carbocycles. The van der Waals surface area contributed by atoms with Gasteiger partial charge in [-0.1, -0.05) is 12.1 Å². The van der Waals surface area contributed by atoms with Gasteiger partial charge in [0.25, 0.3) is 0 Å². The summed E-state index contributed by atoms with van der Waals surface area (Å²) in [6.45, 7) is 0. The summed E-state index contributed by atoms with van der Waals surface area (Å²) < 4.78 is 1.94. The van der Waals surface area contributed by atoms with Gasteiger partial charge in [0, 0.05) is 4.47 Å². The molecular weight excluding hydrogens is 332 g/mol. The highest BCUT2D eigenvalue weighted by atomic mass is 79.9.